The molecule has 0 bridgehead atoms. The first-order valence-corrected chi connectivity index (χ1v) is 5.46. The molecule has 0 aliphatic carbocycles. The molecule has 0 heterocycles. The van der Waals surface area contributed by atoms with Gasteiger partial charge in [0.25, 0.3) is 0 Å². The molecule has 1 rings (SSSR count). The summed E-state index contributed by atoms with van der Waals surface area (Å²) < 4.78 is 26.7. The largest absolute Gasteiger partial charge is 0.207 e. The molecule has 0 saturated heterocycles. The smallest absolute Gasteiger partial charge is 0.129 e. The molecule has 84 valence electrons. The summed E-state index contributed by atoms with van der Waals surface area (Å²) in [6, 6.07) is 2.44. The van der Waals surface area contributed by atoms with Gasteiger partial charge in [-0.25, -0.2) is 8.78 Å². The van der Waals surface area contributed by atoms with E-state index in [1.165, 1.54) is 6.07 Å². The summed E-state index contributed by atoms with van der Waals surface area (Å²) in [4.78, 5) is 0. The Hall–Kier alpha value is -0.920. The summed E-state index contributed by atoms with van der Waals surface area (Å²) in [5.74, 6) is -0.602. The Labute approximate surface area is 90.3 Å². The maximum Gasteiger partial charge on any atom is 0.129 e. The SMILES string of the molecule is CCC(C)c1cc(F)cc(F)c1C(C)C. The second-order valence-electron chi connectivity index (χ2n) is 4.35. The first-order chi connectivity index (χ1) is 6.97. The van der Waals surface area contributed by atoms with Gasteiger partial charge in [0.1, 0.15) is 11.6 Å². The van der Waals surface area contributed by atoms with Gasteiger partial charge < -0.3 is 0 Å². The van der Waals surface area contributed by atoms with Crippen molar-refractivity contribution in [2.45, 2.75) is 46.0 Å². The van der Waals surface area contributed by atoms with E-state index >= 15 is 0 Å². The van der Waals surface area contributed by atoms with Crippen molar-refractivity contribution in [1.29, 1.82) is 0 Å². The van der Waals surface area contributed by atoms with Crippen molar-refractivity contribution in [2.75, 3.05) is 0 Å². The Kier molecular flexibility index (Phi) is 3.83. The van der Waals surface area contributed by atoms with Gasteiger partial charge in [0.15, 0.2) is 0 Å². The monoisotopic (exact) mass is 212 g/mol. The van der Waals surface area contributed by atoms with E-state index < -0.39 is 11.6 Å². The van der Waals surface area contributed by atoms with Crippen molar-refractivity contribution in [3.63, 3.8) is 0 Å². The van der Waals surface area contributed by atoms with Crippen LogP contribution in [-0.2, 0) is 0 Å². The van der Waals surface area contributed by atoms with E-state index in [4.69, 9.17) is 0 Å². The molecule has 0 saturated carbocycles. The van der Waals surface area contributed by atoms with Crippen LogP contribution in [0.15, 0.2) is 12.1 Å². The quantitative estimate of drug-likeness (QED) is 0.686. The molecular weight excluding hydrogens is 194 g/mol. The zero-order valence-electron chi connectivity index (χ0n) is 9.77. The van der Waals surface area contributed by atoms with Crippen LogP contribution >= 0.6 is 0 Å². The molecular formula is C13H18F2. The molecule has 0 amide bonds. The first kappa shape index (κ1) is 12.2. The second-order valence-corrected chi connectivity index (χ2v) is 4.35. The Morgan fingerprint density at radius 1 is 1.13 bits per heavy atom. The van der Waals surface area contributed by atoms with Crippen molar-refractivity contribution in [2.24, 2.45) is 0 Å². The third kappa shape index (κ3) is 2.55. The molecule has 1 unspecified atom stereocenters. The van der Waals surface area contributed by atoms with Crippen molar-refractivity contribution in [3.8, 4) is 0 Å². The Morgan fingerprint density at radius 2 is 1.73 bits per heavy atom. The molecule has 0 radical (unpaired) electrons. The van der Waals surface area contributed by atoms with Crippen LogP contribution in [0.1, 0.15) is 57.1 Å². The van der Waals surface area contributed by atoms with Crippen LogP contribution in [-0.4, -0.2) is 0 Å². The predicted octanol–water partition coefficient (Wildman–Crippen LogP) is 4.60. The van der Waals surface area contributed by atoms with Gasteiger partial charge in [-0.3, -0.25) is 0 Å². The van der Waals surface area contributed by atoms with Crippen LogP contribution in [0.2, 0.25) is 0 Å². The second kappa shape index (κ2) is 4.73. The van der Waals surface area contributed by atoms with Crippen molar-refractivity contribution >= 4 is 0 Å². The average Bonchev–Trinajstić information content (AvgIpc) is 2.14. The van der Waals surface area contributed by atoms with E-state index in [0.717, 1.165) is 18.1 Å². The molecule has 0 aliphatic heterocycles. The molecule has 1 aromatic rings. The topological polar surface area (TPSA) is 0 Å². The van der Waals surface area contributed by atoms with E-state index in [1.807, 2.05) is 27.7 Å². The number of rotatable bonds is 3. The third-order valence-electron chi connectivity index (χ3n) is 2.85. The van der Waals surface area contributed by atoms with E-state index in [2.05, 4.69) is 0 Å². The molecule has 1 aromatic carbocycles. The molecule has 0 aliphatic rings. The lowest BCUT2D eigenvalue weighted by Gasteiger charge is -2.18. The lowest BCUT2D eigenvalue weighted by atomic mass is 9.88. The van der Waals surface area contributed by atoms with Gasteiger partial charge in [0, 0.05) is 6.07 Å². The van der Waals surface area contributed by atoms with Crippen molar-refractivity contribution in [1.82, 2.24) is 0 Å². The summed E-state index contributed by atoms with van der Waals surface area (Å²) in [5, 5.41) is 0. The van der Waals surface area contributed by atoms with E-state index in [9.17, 15) is 8.78 Å². The molecule has 0 nitrogen and oxygen atoms in total. The highest BCUT2D eigenvalue weighted by Crippen LogP contribution is 2.31. The van der Waals surface area contributed by atoms with Crippen molar-refractivity contribution in [3.05, 3.63) is 34.9 Å². The van der Waals surface area contributed by atoms with Crippen LogP contribution in [0.5, 0.6) is 0 Å². The van der Waals surface area contributed by atoms with Crippen LogP contribution in [0.25, 0.3) is 0 Å². The van der Waals surface area contributed by atoms with Crippen LogP contribution in [0, 0.1) is 11.6 Å². The van der Waals surface area contributed by atoms with Gasteiger partial charge in [-0.1, -0.05) is 27.7 Å². The van der Waals surface area contributed by atoms with E-state index in [0.29, 0.717) is 5.56 Å². The van der Waals surface area contributed by atoms with Gasteiger partial charge in [-0.15, -0.1) is 0 Å². The lowest BCUT2D eigenvalue weighted by molar-refractivity contribution is 0.551. The average molecular weight is 212 g/mol. The van der Waals surface area contributed by atoms with Crippen LogP contribution < -0.4 is 0 Å². The normalized spacial score (nSPS) is 13.3. The Morgan fingerprint density at radius 3 is 2.20 bits per heavy atom. The fraction of sp³-hybridized carbons (Fsp3) is 0.538. The standard InChI is InChI=1S/C13H18F2/c1-5-9(4)11-6-10(14)7-12(15)13(11)8(2)3/h6-9H,5H2,1-4H3. The molecule has 2 heteroatoms. The fourth-order valence-electron chi connectivity index (χ4n) is 1.84. The fourth-order valence-corrected chi connectivity index (χ4v) is 1.84. The summed E-state index contributed by atoms with van der Waals surface area (Å²) in [6.07, 6.45) is 0.891. The highest BCUT2D eigenvalue weighted by atomic mass is 19.1. The van der Waals surface area contributed by atoms with Gasteiger partial charge >= 0.3 is 0 Å². The molecule has 0 spiro atoms. The minimum Gasteiger partial charge on any atom is -0.207 e. The Balaban J connectivity index is 3.33. The maximum atomic E-state index is 13.6. The lowest BCUT2D eigenvalue weighted by Crippen LogP contribution is -2.04. The number of hydrogen-bond acceptors (Lipinski definition) is 0. The summed E-state index contributed by atoms with van der Waals surface area (Å²) >= 11 is 0. The van der Waals surface area contributed by atoms with Gasteiger partial charge in [0.05, 0.1) is 0 Å². The highest BCUT2D eigenvalue weighted by Gasteiger charge is 2.17. The summed E-state index contributed by atoms with van der Waals surface area (Å²) in [7, 11) is 0. The van der Waals surface area contributed by atoms with Crippen LogP contribution in [0.3, 0.4) is 0 Å². The minimum atomic E-state index is -0.479. The third-order valence-corrected chi connectivity index (χ3v) is 2.85. The molecule has 1 atom stereocenters. The number of benzene rings is 1. The summed E-state index contributed by atoms with van der Waals surface area (Å²) in [5.41, 5.74) is 1.47. The predicted molar refractivity (Wildman–Crippen MR) is 59.2 cm³/mol. The Bertz CT molecular complexity index is 343. The number of halogens is 2. The molecule has 15 heavy (non-hydrogen) atoms. The first-order valence-electron chi connectivity index (χ1n) is 5.46. The molecule has 0 aromatic heterocycles. The minimum absolute atomic E-state index is 0.0922. The maximum absolute atomic E-state index is 13.6. The summed E-state index contributed by atoms with van der Waals surface area (Å²) in [6.45, 7) is 7.89. The zero-order chi connectivity index (χ0) is 11.6. The molecule has 0 fully saturated rings. The zero-order valence-corrected chi connectivity index (χ0v) is 9.77. The van der Waals surface area contributed by atoms with E-state index in [-0.39, 0.29) is 11.8 Å². The highest BCUT2D eigenvalue weighted by molar-refractivity contribution is 5.34. The van der Waals surface area contributed by atoms with Gasteiger partial charge in [-0.2, -0.15) is 0 Å². The van der Waals surface area contributed by atoms with Crippen LogP contribution in [0.4, 0.5) is 8.78 Å². The molecule has 0 N–H and O–H groups in total. The van der Waals surface area contributed by atoms with Crippen molar-refractivity contribution < 1.29 is 8.78 Å². The number of hydrogen-bond donors (Lipinski definition) is 0. The van der Waals surface area contributed by atoms with E-state index in [1.54, 1.807) is 0 Å². The van der Waals surface area contributed by atoms with Gasteiger partial charge in [-0.05, 0) is 35.4 Å². The van der Waals surface area contributed by atoms with Gasteiger partial charge in [0.2, 0.25) is 0 Å².